The van der Waals surface area contributed by atoms with E-state index in [0.29, 0.717) is 31.0 Å². The van der Waals surface area contributed by atoms with Gasteiger partial charge >= 0.3 is 0 Å². The van der Waals surface area contributed by atoms with Crippen molar-refractivity contribution in [3.63, 3.8) is 0 Å². The number of hydrogen-bond acceptors (Lipinski definition) is 6. The van der Waals surface area contributed by atoms with Crippen LogP contribution in [-0.4, -0.2) is 35.4 Å². The molecule has 0 saturated carbocycles. The smallest absolute Gasteiger partial charge is 0.143 e. The zero-order chi connectivity index (χ0) is 15.8. The summed E-state index contributed by atoms with van der Waals surface area (Å²) in [6.07, 6.45) is 5.13. The van der Waals surface area contributed by atoms with Crippen LogP contribution in [0, 0.1) is 11.3 Å². The predicted octanol–water partition coefficient (Wildman–Crippen LogP) is 1.61. The van der Waals surface area contributed by atoms with Gasteiger partial charge in [-0.1, -0.05) is 0 Å². The van der Waals surface area contributed by atoms with Crippen molar-refractivity contribution in [3.05, 3.63) is 42.4 Å². The first kappa shape index (κ1) is 15.6. The maximum Gasteiger partial charge on any atom is 0.143 e. The third kappa shape index (κ3) is 4.36. The number of rotatable bonds is 7. The molecule has 112 valence electrons. The summed E-state index contributed by atoms with van der Waals surface area (Å²) in [5.41, 5.74) is 2.33. The van der Waals surface area contributed by atoms with Crippen LogP contribution in [0.2, 0.25) is 0 Å². The van der Waals surface area contributed by atoms with Gasteiger partial charge in [0.05, 0.1) is 12.1 Å². The molecular formula is C16H17N5O. The molecule has 0 amide bonds. The fraction of sp³-hybridized carbons (Fsp3) is 0.250. The van der Waals surface area contributed by atoms with E-state index in [0.717, 1.165) is 11.1 Å². The Kier molecular flexibility index (Phi) is 5.57. The minimum Gasteiger partial charge on any atom is -0.368 e. The fourth-order valence-electron chi connectivity index (χ4n) is 1.93. The van der Waals surface area contributed by atoms with Crippen molar-refractivity contribution >= 4 is 11.6 Å². The lowest BCUT2D eigenvalue weighted by molar-refractivity contribution is -0.116. The summed E-state index contributed by atoms with van der Waals surface area (Å²) in [7, 11) is 0. The van der Waals surface area contributed by atoms with Crippen LogP contribution in [0.15, 0.2) is 36.8 Å². The topological polar surface area (TPSA) is 90.7 Å². The Morgan fingerprint density at radius 2 is 2.05 bits per heavy atom. The first-order valence-corrected chi connectivity index (χ1v) is 6.95. The lowest BCUT2D eigenvalue weighted by Crippen LogP contribution is -2.27. The van der Waals surface area contributed by atoms with Crippen molar-refractivity contribution in [2.45, 2.75) is 6.92 Å². The van der Waals surface area contributed by atoms with Crippen LogP contribution in [0.5, 0.6) is 0 Å². The third-order valence-electron chi connectivity index (χ3n) is 2.99. The molecule has 2 rings (SSSR count). The predicted molar refractivity (Wildman–Crippen MR) is 84.2 cm³/mol. The lowest BCUT2D eigenvalue weighted by atomic mass is 10.1. The van der Waals surface area contributed by atoms with Crippen LogP contribution in [0.4, 0.5) is 5.82 Å². The molecule has 2 N–H and O–H groups in total. The van der Waals surface area contributed by atoms with Gasteiger partial charge in [-0.05, 0) is 30.7 Å². The Balaban J connectivity index is 2.01. The number of nitrogens with one attached hydrogen (secondary N) is 2. The lowest BCUT2D eigenvalue weighted by Gasteiger charge is -2.09. The zero-order valence-corrected chi connectivity index (χ0v) is 12.3. The van der Waals surface area contributed by atoms with E-state index >= 15 is 0 Å². The highest BCUT2D eigenvalue weighted by Crippen LogP contribution is 2.21. The molecule has 0 saturated heterocycles. The normalized spacial score (nSPS) is 10.0. The molecule has 0 aliphatic carbocycles. The van der Waals surface area contributed by atoms with E-state index in [-0.39, 0.29) is 5.78 Å². The number of Topliss-reactive ketones (excluding diaryl/α,β-unsaturated/α-hetero) is 1. The fourth-order valence-corrected chi connectivity index (χ4v) is 1.93. The quantitative estimate of drug-likeness (QED) is 0.754. The van der Waals surface area contributed by atoms with Gasteiger partial charge < -0.3 is 10.6 Å². The maximum atomic E-state index is 10.8. The molecule has 0 unspecified atom stereocenters. The largest absolute Gasteiger partial charge is 0.368 e. The van der Waals surface area contributed by atoms with Crippen molar-refractivity contribution in [2.75, 3.05) is 25.0 Å². The molecule has 2 heterocycles. The van der Waals surface area contributed by atoms with Crippen molar-refractivity contribution in [1.29, 1.82) is 5.26 Å². The van der Waals surface area contributed by atoms with Gasteiger partial charge in [-0.3, -0.25) is 9.78 Å². The summed E-state index contributed by atoms with van der Waals surface area (Å²) in [5.74, 6) is 0.641. The highest BCUT2D eigenvalue weighted by molar-refractivity contribution is 5.77. The molecule has 0 aliphatic rings. The van der Waals surface area contributed by atoms with Gasteiger partial charge in [0.2, 0.25) is 0 Å². The minimum absolute atomic E-state index is 0.0949. The minimum atomic E-state index is 0.0949. The van der Waals surface area contributed by atoms with Gasteiger partial charge in [0.25, 0.3) is 0 Å². The Hall–Kier alpha value is -2.78. The van der Waals surface area contributed by atoms with E-state index < -0.39 is 0 Å². The average Bonchev–Trinajstić information content (AvgIpc) is 2.55. The average molecular weight is 295 g/mol. The van der Waals surface area contributed by atoms with E-state index in [4.69, 9.17) is 0 Å². The summed E-state index contributed by atoms with van der Waals surface area (Å²) < 4.78 is 0. The van der Waals surface area contributed by atoms with E-state index in [9.17, 15) is 10.1 Å². The molecule has 0 spiro atoms. The van der Waals surface area contributed by atoms with Gasteiger partial charge in [0.1, 0.15) is 17.7 Å². The van der Waals surface area contributed by atoms with Crippen LogP contribution >= 0.6 is 0 Å². The molecule has 6 heteroatoms. The van der Waals surface area contributed by atoms with E-state index in [1.165, 1.54) is 6.92 Å². The van der Waals surface area contributed by atoms with Gasteiger partial charge in [0, 0.05) is 37.2 Å². The summed E-state index contributed by atoms with van der Waals surface area (Å²) >= 11 is 0. The van der Waals surface area contributed by atoms with Crippen molar-refractivity contribution in [3.8, 4) is 17.2 Å². The molecule has 22 heavy (non-hydrogen) atoms. The number of hydrogen-bond donors (Lipinski definition) is 2. The second-order valence-electron chi connectivity index (χ2n) is 4.77. The second-order valence-corrected chi connectivity index (χ2v) is 4.77. The maximum absolute atomic E-state index is 10.8. The molecular weight excluding hydrogens is 278 g/mol. The zero-order valence-electron chi connectivity index (χ0n) is 12.3. The molecule has 2 aromatic heterocycles. The van der Waals surface area contributed by atoms with Gasteiger partial charge in [0.15, 0.2) is 0 Å². The van der Waals surface area contributed by atoms with Gasteiger partial charge in [-0.25, -0.2) is 4.98 Å². The molecule has 6 nitrogen and oxygen atoms in total. The van der Waals surface area contributed by atoms with Gasteiger partial charge in [-0.15, -0.1) is 0 Å². The molecule has 0 aromatic carbocycles. The first-order valence-electron chi connectivity index (χ1n) is 6.95. The molecule has 0 bridgehead atoms. The van der Waals surface area contributed by atoms with Crippen LogP contribution in [0.3, 0.4) is 0 Å². The van der Waals surface area contributed by atoms with E-state index in [1.807, 2.05) is 12.1 Å². The van der Waals surface area contributed by atoms with E-state index in [2.05, 4.69) is 26.7 Å². The van der Waals surface area contributed by atoms with Gasteiger partial charge in [-0.2, -0.15) is 5.26 Å². The SMILES string of the molecule is CC(=O)CNCCNc1ncc(-c2ccncc2)cc1C#N. The molecule has 0 atom stereocenters. The second kappa shape index (κ2) is 7.86. The van der Waals surface area contributed by atoms with Crippen LogP contribution in [-0.2, 0) is 4.79 Å². The number of carbonyl (C=O) groups is 1. The number of carbonyl (C=O) groups excluding carboxylic acids is 1. The summed E-state index contributed by atoms with van der Waals surface area (Å²) in [4.78, 5) is 19.1. The molecule has 0 fully saturated rings. The summed E-state index contributed by atoms with van der Waals surface area (Å²) in [5, 5.41) is 15.4. The van der Waals surface area contributed by atoms with Crippen LogP contribution < -0.4 is 10.6 Å². The number of pyridine rings is 2. The van der Waals surface area contributed by atoms with Crippen LogP contribution in [0.25, 0.3) is 11.1 Å². The first-order chi connectivity index (χ1) is 10.7. The van der Waals surface area contributed by atoms with Crippen molar-refractivity contribution in [2.24, 2.45) is 0 Å². The highest BCUT2D eigenvalue weighted by Gasteiger charge is 2.06. The Morgan fingerprint density at radius 1 is 1.27 bits per heavy atom. The standard InChI is InChI=1S/C16H17N5O/c1-12(22)10-19-6-7-20-16-14(9-17)8-15(11-21-16)13-2-4-18-5-3-13/h2-5,8,11,19H,6-7,10H2,1H3,(H,20,21). The summed E-state index contributed by atoms with van der Waals surface area (Å²) in [6, 6.07) is 7.69. The Morgan fingerprint density at radius 3 is 2.73 bits per heavy atom. The monoisotopic (exact) mass is 295 g/mol. The number of aromatic nitrogens is 2. The number of nitriles is 1. The summed E-state index contributed by atoms with van der Waals surface area (Å²) in [6.45, 7) is 3.09. The number of nitrogens with zero attached hydrogens (tertiary/aromatic N) is 3. The Bertz CT molecular complexity index is 679. The molecule has 2 aromatic rings. The Labute approximate surface area is 129 Å². The third-order valence-corrected chi connectivity index (χ3v) is 2.99. The van der Waals surface area contributed by atoms with Crippen molar-refractivity contribution in [1.82, 2.24) is 15.3 Å². The molecule has 0 radical (unpaired) electrons. The molecule has 0 aliphatic heterocycles. The van der Waals surface area contributed by atoms with Crippen LogP contribution in [0.1, 0.15) is 12.5 Å². The number of anilines is 1. The number of ketones is 1. The van der Waals surface area contributed by atoms with Crippen molar-refractivity contribution < 1.29 is 4.79 Å². The van der Waals surface area contributed by atoms with E-state index in [1.54, 1.807) is 24.7 Å². The highest BCUT2D eigenvalue weighted by atomic mass is 16.1.